The quantitative estimate of drug-likeness (QED) is 0.644. The molecule has 90 valence electrons. The number of hydrazine groups is 1. The minimum absolute atomic E-state index is 0.0937. The van der Waals surface area contributed by atoms with Crippen molar-refractivity contribution >= 4 is 11.3 Å². The molecule has 2 nitrogen and oxygen atoms in total. The lowest BCUT2D eigenvalue weighted by molar-refractivity contribution is 0.637. The van der Waals surface area contributed by atoms with Crippen LogP contribution >= 0.6 is 11.3 Å². The molecule has 1 heterocycles. The largest absolute Gasteiger partial charge is 0.271 e. The lowest BCUT2D eigenvalue weighted by Gasteiger charge is -2.20. The summed E-state index contributed by atoms with van der Waals surface area (Å²) in [5, 5.41) is 2.11. The molecule has 0 aliphatic carbocycles. The van der Waals surface area contributed by atoms with E-state index in [9.17, 15) is 0 Å². The number of nitrogens with two attached hydrogens (primary N) is 1. The minimum Gasteiger partial charge on any atom is -0.271 e. The van der Waals surface area contributed by atoms with E-state index in [0.717, 1.165) is 0 Å². The number of aryl methyl sites for hydroxylation is 3. The van der Waals surface area contributed by atoms with Gasteiger partial charge in [-0.25, -0.2) is 5.43 Å². The highest BCUT2D eigenvalue weighted by Crippen LogP contribution is 2.32. The summed E-state index contributed by atoms with van der Waals surface area (Å²) in [5.74, 6) is 5.76. The molecule has 1 unspecified atom stereocenters. The molecule has 2 rings (SSSR count). The third-order valence-electron chi connectivity index (χ3n) is 3.16. The fourth-order valence-corrected chi connectivity index (χ4v) is 3.25. The standard InChI is InChI=1S/C14H18N2S/c1-9-5-4-6-10(2)12(9)13(16-15)14-11(3)7-8-17-14/h4-8,13,16H,15H2,1-3H3. The molecule has 0 saturated carbocycles. The van der Waals surface area contributed by atoms with E-state index in [4.69, 9.17) is 5.84 Å². The van der Waals surface area contributed by atoms with Gasteiger partial charge in [-0.2, -0.15) is 0 Å². The molecule has 0 radical (unpaired) electrons. The molecule has 2 aromatic rings. The SMILES string of the molecule is Cc1ccsc1C(NN)c1c(C)cccc1C. The number of nitrogens with one attached hydrogen (secondary N) is 1. The van der Waals surface area contributed by atoms with Gasteiger partial charge in [0.15, 0.2) is 0 Å². The maximum absolute atomic E-state index is 5.76. The average Bonchev–Trinajstić information content (AvgIpc) is 2.70. The fourth-order valence-electron chi connectivity index (χ4n) is 2.25. The van der Waals surface area contributed by atoms with Crippen LogP contribution in [-0.2, 0) is 0 Å². The molecule has 17 heavy (non-hydrogen) atoms. The maximum atomic E-state index is 5.76. The van der Waals surface area contributed by atoms with Crippen LogP contribution in [0.5, 0.6) is 0 Å². The first-order valence-corrected chi connectivity index (χ1v) is 6.59. The van der Waals surface area contributed by atoms with Crippen molar-refractivity contribution in [3.63, 3.8) is 0 Å². The second kappa shape index (κ2) is 5.00. The van der Waals surface area contributed by atoms with Crippen LogP contribution in [0, 0.1) is 20.8 Å². The van der Waals surface area contributed by atoms with Crippen molar-refractivity contribution in [2.45, 2.75) is 26.8 Å². The van der Waals surface area contributed by atoms with Crippen LogP contribution < -0.4 is 11.3 Å². The Labute approximate surface area is 106 Å². The molecule has 0 saturated heterocycles. The molecular formula is C14H18N2S. The normalized spacial score (nSPS) is 12.7. The first-order valence-electron chi connectivity index (χ1n) is 5.71. The minimum atomic E-state index is 0.0937. The van der Waals surface area contributed by atoms with Gasteiger partial charge in [0, 0.05) is 4.88 Å². The van der Waals surface area contributed by atoms with E-state index in [1.165, 1.54) is 27.1 Å². The van der Waals surface area contributed by atoms with Gasteiger partial charge < -0.3 is 0 Å². The van der Waals surface area contributed by atoms with Gasteiger partial charge in [0.1, 0.15) is 0 Å². The summed E-state index contributed by atoms with van der Waals surface area (Å²) in [6, 6.07) is 8.59. The van der Waals surface area contributed by atoms with Crippen molar-refractivity contribution in [2.75, 3.05) is 0 Å². The van der Waals surface area contributed by atoms with Gasteiger partial charge in [0.2, 0.25) is 0 Å². The predicted molar refractivity (Wildman–Crippen MR) is 74.1 cm³/mol. The number of hydrogen-bond acceptors (Lipinski definition) is 3. The third-order valence-corrected chi connectivity index (χ3v) is 4.25. The van der Waals surface area contributed by atoms with Gasteiger partial charge >= 0.3 is 0 Å². The Balaban J connectivity index is 2.53. The Kier molecular flexibility index (Phi) is 3.62. The van der Waals surface area contributed by atoms with E-state index in [2.05, 4.69) is 55.8 Å². The highest BCUT2D eigenvalue weighted by Gasteiger charge is 2.19. The Morgan fingerprint density at radius 1 is 1.06 bits per heavy atom. The Morgan fingerprint density at radius 2 is 1.71 bits per heavy atom. The van der Waals surface area contributed by atoms with E-state index in [1.54, 1.807) is 11.3 Å². The number of benzene rings is 1. The second-order valence-corrected chi connectivity index (χ2v) is 5.32. The summed E-state index contributed by atoms with van der Waals surface area (Å²) in [7, 11) is 0. The molecule has 0 aliphatic heterocycles. The lowest BCUT2D eigenvalue weighted by Crippen LogP contribution is -2.29. The van der Waals surface area contributed by atoms with Crippen LogP contribution in [0.4, 0.5) is 0 Å². The number of thiophene rings is 1. The lowest BCUT2D eigenvalue weighted by atomic mass is 9.94. The first-order chi connectivity index (χ1) is 8.15. The zero-order chi connectivity index (χ0) is 12.4. The molecule has 0 bridgehead atoms. The third kappa shape index (κ3) is 2.27. The van der Waals surface area contributed by atoms with E-state index < -0.39 is 0 Å². The summed E-state index contributed by atoms with van der Waals surface area (Å²) in [5.41, 5.74) is 8.10. The van der Waals surface area contributed by atoms with Crippen LogP contribution in [0.2, 0.25) is 0 Å². The van der Waals surface area contributed by atoms with Crippen LogP contribution in [0.25, 0.3) is 0 Å². The Morgan fingerprint density at radius 3 is 2.18 bits per heavy atom. The van der Waals surface area contributed by atoms with Gasteiger partial charge in [0.25, 0.3) is 0 Å². The molecule has 0 spiro atoms. The summed E-state index contributed by atoms with van der Waals surface area (Å²) in [6.45, 7) is 6.40. The zero-order valence-corrected chi connectivity index (χ0v) is 11.3. The van der Waals surface area contributed by atoms with Crippen LogP contribution in [0.1, 0.15) is 33.2 Å². The van der Waals surface area contributed by atoms with Crippen LogP contribution in [-0.4, -0.2) is 0 Å². The average molecular weight is 246 g/mol. The highest BCUT2D eigenvalue weighted by atomic mass is 32.1. The van der Waals surface area contributed by atoms with Gasteiger partial charge in [-0.15, -0.1) is 11.3 Å². The maximum Gasteiger partial charge on any atom is 0.0810 e. The molecule has 1 aromatic heterocycles. The van der Waals surface area contributed by atoms with Crippen LogP contribution in [0.3, 0.4) is 0 Å². The Hall–Kier alpha value is -1.16. The molecule has 0 fully saturated rings. The van der Waals surface area contributed by atoms with Gasteiger partial charge in [0.05, 0.1) is 6.04 Å². The topological polar surface area (TPSA) is 38.0 Å². The van der Waals surface area contributed by atoms with Crippen molar-refractivity contribution in [2.24, 2.45) is 5.84 Å². The van der Waals surface area contributed by atoms with Gasteiger partial charge in [-0.1, -0.05) is 18.2 Å². The second-order valence-electron chi connectivity index (χ2n) is 4.37. The summed E-state index contributed by atoms with van der Waals surface area (Å²) in [6.07, 6.45) is 0. The summed E-state index contributed by atoms with van der Waals surface area (Å²) in [4.78, 5) is 1.30. The molecule has 3 N–H and O–H groups in total. The molecular weight excluding hydrogens is 228 g/mol. The molecule has 3 heteroatoms. The zero-order valence-electron chi connectivity index (χ0n) is 10.4. The van der Waals surface area contributed by atoms with Crippen molar-refractivity contribution in [1.29, 1.82) is 0 Å². The van der Waals surface area contributed by atoms with E-state index in [-0.39, 0.29) is 6.04 Å². The molecule has 0 amide bonds. The van der Waals surface area contributed by atoms with E-state index in [0.29, 0.717) is 0 Å². The van der Waals surface area contributed by atoms with E-state index in [1.807, 2.05) is 0 Å². The fraction of sp³-hybridized carbons (Fsp3) is 0.286. The van der Waals surface area contributed by atoms with Gasteiger partial charge in [-0.05, 0) is 54.5 Å². The molecule has 1 aromatic carbocycles. The van der Waals surface area contributed by atoms with Gasteiger partial charge in [-0.3, -0.25) is 5.84 Å². The Bertz CT molecular complexity index is 496. The molecule has 0 aliphatic rings. The number of rotatable bonds is 3. The molecule has 1 atom stereocenters. The van der Waals surface area contributed by atoms with Crippen molar-refractivity contribution in [3.8, 4) is 0 Å². The van der Waals surface area contributed by atoms with Crippen molar-refractivity contribution in [3.05, 3.63) is 56.8 Å². The van der Waals surface area contributed by atoms with E-state index >= 15 is 0 Å². The predicted octanol–water partition coefficient (Wildman–Crippen LogP) is 3.23. The first kappa shape index (κ1) is 12.3. The van der Waals surface area contributed by atoms with Crippen LogP contribution in [0.15, 0.2) is 29.6 Å². The summed E-state index contributed by atoms with van der Waals surface area (Å²) >= 11 is 1.75. The number of hydrogen-bond donors (Lipinski definition) is 2. The van der Waals surface area contributed by atoms with Crippen molar-refractivity contribution < 1.29 is 0 Å². The monoisotopic (exact) mass is 246 g/mol. The summed E-state index contributed by atoms with van der Waals surface area (Å²) < 4.78 is 0. The smallest absolute Gasteiger partial charge is 0.0810 e. The highest BCUT2D eigenvalue weighted by molar-refractivity contribution is 7.10. The van der Waals surface area contributed by atoms with Crippen molar-refractivity contribution in [1.82, 2.24) is 5.43 Å².